The minimum absolute atomic E-state index is 0.0987. The predicted octanol–water partition coefficient (Wildman–Crippen LogP) is 4.96. The fourth-order valence-electron chi connectivity index (χ4n) is 4.21. The standard InChI is InChI=1S/C28H34N6O4/c1-17(35)30-14-18-8-9-22(23(12-18)37-7)33-25-29-11-10-21(32-25)19-13-20-24(31-15-19)34(16-28(20,5)6)26(36)38-27(2,3)4/h8-13,15H,14,16H2,1-7H3,(H,30,35)(H,29,32,33). The van der Waals surface area contributed by atoms with E-state index < -0.39 is 11.7 Å². The molecule has 2 amide bonds. The summed E-state index contributed by atoms with van der Waals surface area (Å²) in [6, 6.07) is 9.45. The summed E-state index contributed by atoms with van der Waals surface area (Å²) in [6.45, 7) is 12.1. The average Bonchev–Trinajstić information content (AvgIpc) is 3.13. The maximum atomic E-state index is 12.8. The molecule has 1 aliphatic heterocycles. The molecule has 3 aromatic rings. The second-order valence-corrected chi connectivity index (χ2v) is 10.9. The number of amides is 2. The van der Waals surface area contributed by atoms with Gasteiger partial charge in [0.1, 0.15) is 17.2 Å². The van der Waals surface area contributed by atoms with Crippen molar-refractivity contribution in [1.82, 2.24) is 20.3 Å². The molecule has 1 aliphatic rings. The van der Waals surface area contributed by atoms with E-state index in [4.69, 9.17) is 14.5 Å². The van der Waals surface area contributed by atoms with Crippen molar-refractivity contribution < 1.29 is 19.1 Å². The van der Waals surface area contributed by atoms with Gasteiger partial charge in [-0.3, -0.25) is 9.69 Å². The van der Waals surface area contributed by atoms with Gasteiger partial charge in [-0.25, -0.2) is 19.7 Å². The van der Waals surface area contributed by atoms with E-state index in [-0.39, 0.29) is 11.3 Å². The van der Waals surface area contributed by atoms with Gasteiger partial charge in [0.25, 0.3) is 0 Å². The summed E-state index contributed by atoms with van der Waals surface area (Å²) in [5, 5.41) is 5.99. The third kappa shape index (κ3) is 6.01. The van der Waals surface area contributed by atoms with Crippen LogP contribution in [0.4, 0.5) is 22.2 Å². The van der Waals surface area contributed by atoms with E-state index in [0.29, 0.717) is 42.0 Å². The van der Waals surface area contributed by atoms with Gasteiger partial charge in [-0.15, -0.1) is 0 Å². The molecule has 2 N–H and O–H groups in total. The number of fused-ring (bicyclic) bond motifs is 1. The summed E-state index contributed by atoms with van der Waals surface area (Å²) in [7, 11) is 1.58. The minimum atomic E-state index is -0.595. The molecule has 0 fully saturated rings. The molecule has 0 unspecified atom stereocenters. The topological polar surface area (TPSA) is 119 Å². The van der Waals surface area contributed by atoms with Crippen LogP contribution in [0.1, 0.15) is 52.7 Å². The number of carbonyl (C=O) groups is 2. The maximum absolute atomic E-state index is 12.8. The van der Waals surface area contributed by atoms with Crippen LogP contribution in [0.15, 0.2) is 42.7 Å². The van der Waals surface area contributed by atoms with Crippen LogP contribution in [0.25, 0.3) is 11.3 Å². The highest BCUT2D eigenvalue weighted by molar-refractivity contribution is 5.90. The zero-order valence-electron chi connectivity index (χ0n) is 22.9. The summed E-state index contributed by atoms with van der Waals surface area (Å²) in [5.74, 6) is 1.50. The van der Waals surface area contributed by atoms with E-state index in [2.05, 4.69) is 34.4 Å². The van der Waals surface area contributed by atoms with Gasteiger partial charge in [0.05, 0.1) is 18.5 Å². The number of rotatable bonds is 6. The van der Waals surface area contributed by atoms with Crippen LogP contribution in [-0.4, -0.2) is 46.2 Å². The van der Waals surface area contributed by atoms with Crippen molar-refractivity contribution in [3.63, 3.8) is 0 Å². The number of nitrogens with zero attached hydrogens (tertiary/aromatic N) is 4. The molecular weight excluding hydrogens is 484 g/mol. The van der Waals surface area contributed by atoms with Crippen LogP contribution in [0.3, 0.4) is 0 Å². The van der Waals surface area contributed by atoms with E-state index >= 15 is 0 Å². The van der Waals surface area contributed by atoms with Gasteiger partial charge in [-0.2, -0.15) is 0 Å². The molecule has 0 saturated heterocycles. The Morgan fingerprint density at radius 1 is 1.13 bits per heavy atom. The Morgan fingerprint density at radius 3 is 2.58 bits per heavy atom. The lowest BCUT2D eigenvalue weighted by Gasteiger charge is -2.25. The van der Waals surface area contributed by atoms with Gasteiger partial charge < -0.3 is 20.1 Å². The van der Waals surface area contributed by atoms with Crippen molar-refractivity contribution in [2.45, 2.75) is 59.1 Å². The number of carbonyl (C=O) groups excluding carboxylic acids is 2. The lowest BCUT2D eigenvalue weighted by molar-refractivity contribution is -0.119. The van der Waals surface area contributed by atoms with Gasteiger partial charge in [-0.05, 0) is 50.6 Å². The van der Waals surface area contributed by atoms with Crippen LogP contribution in [0.2, 0.25) is 0 Å². The van der Waals surface area contributed by atoms with Crippen molar-refractivity contribution in [1.29, 1.82) is 0 Å². The number of anilines is 3. The molecule has 3 heterocycles. The summed E-state index contributed by atoms with van der Waals surface area (Å²) in [6.07, 6.45) is 2.98. The molecule has 0 spiro atoms. The third-order valence-corrected chi connectivity index (χ3v) is 6.02. The third-order valence-electron chi connectivity index (χ3n) is 6.02. The normalized spacial score (nSPS) is 14.0. The summed E-state index contributed by atoms with van der Waals surface area (Å²) in [5.41, 5.74) is 3.14. The van der Waals surface area contributed by atoms with Crippen molar-refractivity contribution in [3.05, 3.63) is 53.9 Å². The Balaban J connectivity index is 1.58. The molecule has 0 bridgehead atoms. The second kappa shape index (κ2) is 10.3. The largest absolute Gasteiger partial charge is 0.495 e. The number of nitrogens with one attached hydrogen (secondary N) is 2. The Bertz CT molecular complexity index is 1370. The van der Waals surface area contributed by atoms with Gasteiger partial charge in [0.2, 0.25) is 11.9 Å². The molecule has 38 heavy (non-hydrogen) atoms. The van der Waals surface area contributed by atoms with E-state index in [1.165, 1.54) is 6.92 Å². The van der Waals surface area contributed by atoms with E-state index in [0.717, 1.165) is 16.7 Å². The number of benzene rings is 1. The summed E-state index contributed by atoms with van der Waals surface area (Å²) < 4.78 is 11.1. The first kappa shape index (κ1) is 26.8. The van der Waals surface area contributed by atoms with E-state index in [1.54, 1.807) is 24.4 Å². The van der Waals surface area contributed by atoms with Crippen LogP contribution in [0.5, 0.6) is 5.75 Å². The van der Waals surface area contributed by atoms with Crippen molar-refractivity contribution in [3.8, 4) is 17.0 Å². The van der Waals surface area contributed by atoms with Gasteiger partial charge in [-0.1, -0.05) is 19.9 Å². The van der Waals surface area contributed by atoms with Crippen molar-refractivity contribution in [2.75, 3.05) is 23.9 Å². The molecule has 10 nitrogen and oxygen atoms in total. The number of hydrogen-bond donors (Lipinski definition) is 2. The lowest BCUT2D eigenvalue weighted by Crippen LogP contribution is -2.38. The molecule has 2 aromatic heterocycles. The first-order chi connectivity index (χ1) is 17.9. The predicted molar refractivity (Wildman–Crippen MR) is 146 cm³/mol. The first-order valence-corrected chi connectivity index (χ1v) is 12.4. The molecular formula is C28H34N6O4. The van der Waals surface area contributed by atoms with Gasteiger partial charge in [0, 0.05) is 48.9 Å². The molecule has 0 saturated carbocycles. The first-order valence-electron chi connectivity index (χ1n) is 12.4. The number of hydrogen-bond acceptors (Lipinski definition) is 8. The summed E-state index contributed by atoms with van der Waals surface area (Å²) in [4.78, 5) is 39.3. The zero-order chi connectivity index (χ0) is 27.7. The Morgan fingerprint density at radius 2 is 1.89 bits per heavy atom. The molecule has 1 aromatic carbocycles. The zero-order valence-corrected chi connectivity index (χ0v) is 22.9. The van der Waals surface area contributed by atoms with Crippen molar-refractivity contribution in [2.24, 2.45) is 0 Å². The minimum Gasteiger partial charge on any atom is -0.495 e. The summed E-state index contributed by atoms with van der Waals surface area (Å²) >= 11 is 0. The van der Waals surface area contributed by atoms with Crippen LogP contribution in [0, 0.1) is 0 Å². The Kier molecular flexibility index (Phi) is 7.26. The Labute approximate surface area is 222 Å². The van der Waals surface area contributed by atoms with Crippen LogP contribution in [-0.2, 0) is 21.5 Å². The molecule has 4 rings (SSSR count). The maximum Gasteiger partial charge on any atom is 0.416 e. The number of ether oxygens (including phenoxy) is 2. The highest BCUT2D eigenvalue weighted by Gasteiger charge is 2.41. The average molecular weight is 519 g/mol. The fraction of sp³-hybridized carbons (Fsp3) is 0.393. The SMILES string of the molecule is COc1cc(CNC(C)=O)ccc1Nc1nccc(-c2cnc3c(c2)C(C)(C)CN3C(=O)OC(C)(C)C)n1. The van der Waals surface area contributed by atoms with E-state index in [1.807, 2.05) is 51.1 Å². The molecule has 10 heteroatoms. The number of pyridine rings is 1. The second-order valence-electron chi connectivity index (χ2n) is 10.9. The quantitative estimate of drug-likeness (QED) is 0.470. The molecule has 200 valence electrons. The lowest BCUT2D eigenvalue weighted by atomic mass is 9.87. The van der Waals surface area contributed by atoms with Crippen molar-refractivity contribution >= 4 is 29.5 Å². The van der Waals surface area contributed by atoms with Crippen LogP contribution < -0.4 is 20.3 Å². The Hall–Kier alpha value is -4.21. The monoisotopic (exact) mass is 518 g/mol. The molecule has 0 atom stereocenters. The van der Waals surface area contributed by atoms with Gasteiger partial charge >= 0.3 is 6.09 Å². The van der Waals surface area contributed by atoms with Gasteiger partial charge in [0.15, 0.2) is 0 Å². The molecule has 0 aliphatic carbocycles. The van der Waals surface area contributed by atoms with Crippen LogP contribution >= 0.6 is 0 Å². The highest BCUT2D eigenvalue weighted by Crippen LogP contribution is 2.41. The fourth-order valence-corrected chi connectivity index (χ4v) is 4.21. The highest BCUT2D eigenvalue weighted by atomic mass is 16.6. The number of methoxy groups -OCH3 is 1. The number of aromatic nitrogens is 3. The smallest absolute Gasteiger partial charge is 0.416 e. The van der Waals surface area contributed by atoms with E-state index in [9.17, 15) is 9.59 Å². The molecule has 0 radical (unpaired) electrons.